The number of hydrogen-bond acceptors (Lipinski definition) is 2. The molecule has 3 rings (SSSR count). The van der Waals surface area contributed by atoms with E-state index in [1.54, 1.807) is 10.9 Å². The topological polar surface area (TPSA) is 38.0 Å². The van der Waals surface area contributed by atoms with Crippen molar-refractivity contribution < 1.29 is 13.9 Å². The fraction of sp³-hybridized carbons (Fsp3) is 0.235. The first kappa shape index (κ1) is 14.7. The van der Waals surface area contributed by atoms with Gasteiger partial charge >= 0.3 is 0 Å². The molecule has 0 fully saturated rings. The first-order chi connectivity index (χ1) is 10.5. The number of imidazole rings is 1. The molecule has 1 unspecified atom stereocenters. The molecular formula is C17H16F2N2O. The molecule has 0 aliphatic heterocycles. The second-order valence-electron chi connectivity index (χ2n) is 5.50. The molecule has 0 saturated carbocycles. The van der Waals surface area contributed by atoms with Crippen molar-refractivity contribution in [3.05, 3.63) is 65.0 Å². The van der Waals surface area contributed by atoms with Crippen molar-refractivity contribution in [1.82, 2.24) is 9.55 Å². The molecule has 5 heteroatoms. The highest BCUT2D eigenvalue weighted by atomic mass is 19.1. The van der Waals surface area contributed by atoms with Gasteiger partial charge in [0.05, 0.1) is 30.0 Å². The van der Waals surface area contributed by atoms with Gasteiger partial charge in [0.25, 0.3) is 0 Å². The Labute approximate surface area is 126 Å². The summed E-state index contributed by atoms with van der Waals surface area (Å²) in [6, 6.07) is 7.15. The fourth-order valence-electron chi connectivity index (χ4n) is 2.52. The van der Waals surface area contributed by atoms with E-state index in [1.807, 2.05) is 26.0 Å². The van der Waals surface area contributed by atoms with E-state index in [0.717, 1.165) is 34.3 Å². The van der Waals surface area contributed by atoms with Gasteiger partial charge in [-0.15, -0.1) is 0 Å². The van der Waals surface area contributed by atoms with Crippen LogP contribution in [-0.2, 0) is 6.54 Å². The van der Waals surface area contributed by atoms with Crippen LogP contribution in [0.4, 0.5) is 8.78 Å². The molecule has 0 radical (unpaired) electrons. The maximum atomic E-state index is 13.7. The van der Waals surface area contributed by atoms with Crippen molar-refractivity contribution in [1.29, 1.82) is 0 Å². The molecule has 114 valence electrons. The van der Waals surface area contributed by atoms with Crippen molar-refractivity contribution in [3.63, 3.8) is 0 Å². The highest BCUT2D eigenvalue weighted by Gasteiger charge is 2.15. The number of hydrogen-bond donors (Lipinski definition) is 1. The number of aromatic nitrogens is 2. The van der Waals surface area contributed by atoms with E-state index < -0.39 is 17.7 Å². The number of halogens is 2. The first-order valence-electron chi connectivity index (χ1n) is 7.01. The summed E-state index contributed by atoms with van der Waals surface area (Å²) in [7, 11) is 0. The van der Waals surface area contributed by atoms with Crippen LogP contribution in [-0.4, -0.2) is 14.7 Å². The first-order valence-corrected chi connectivity index (χ1v) is 7.01. The Morgan fingerprint density at radius 2 is 1.86 bits per heavy atom. The summed E-state index contributed by atoms with van der Waals surface area (Å²) in [6.45, 7) is 4.17. The van der Waals surface area contributed by atoms with Crippen molar-refractivity contribution in [2.24, 2.45) is 0 Å². The second-order valence-corrected chi connectivity index (χ2v) is 5.50. The summed E-state index contributed by atoms with van der Waals surface area (Å²) >= 11 is 0. The van der Waals surface area contributed by atoms with Crippen LogP contribution in [0.1, 0.15) is 22.8 Å². The number of aliphatic hydroxyl groups excluding tert-OH is 1. The Morgan fingerprint density at radius 1 is 1.14 bits per heavy atom. The van der Waals surface area contributed by atoms with Crippen LogP contribution in [0.2, 0.25) is 0 Å². The number of fused-ring (bicyclic) bond motifs is 1. The van der Waals surface area contributed by atoms with Crippen LogP contribution >= 0.6 is 0 Å². The van der Waals surface area contributed by atoms with Crippen LogP contribution < -0.4 is 0 Å². The number of rotatable bonds is 3. The second kappa shape index (κ2) is 5.50. The van der Waals surface area contributed by atoms with Gasteiger partial charge in [-0.3, -0.25) is 0 Å². The Hall–Kier alpha value is -2.27. The van der Waals surface area contributed by atoms with Crippen molar-refractivity contribution >= 4 is 11.0 Å². The minimum atomic E-state index is -1.07. The van der Waals surface area contributed by atoms with Gasteiger partial charge in [-0.1, -0.05) is 6.07 Å². The molecule has 0 aliphatic carbocycles. The lowest BCUT2D eigenvalue weighted by Gasteiger charge is -2.14. The van der Waals surface area contributed by atoms with Gasteiger partial charge in [0, 0.05) is 11.6 Å². The summed E-state index contributed by atoms with van der Waals surface area (Å²) in [5.41, 5.74) is 4.05. The number of benzene rings is 2. The van der Waals surface area contributed by atoms with E-state index >= 15 is 0 Å². The maximum absolute atomic E-state index is 13.7. The van der Waals surface area contributed by atoms with E-state index in [9.17, 15) is 13.9 Å². The standard InChI is InChI=1S/C17H16F2N2O/c1-10-5-15-16(6-11(10)2)21(9-20-15)8-17(22)13-4-3-12(18)7-14(13)19/h3-7,9,17,22H,8H2,1-2H3. The lowest BCUT2D eigenvalue weighted by molar-refractivity contribution is 0.153. The van der Waals surface area contributed by atoms with Crippen LogP contribution in [0, 0.1) is 25.5 Å². The van der Waals surface area contributed by atoms with E-state index in [-0.39, 0.29) is 12.1 Å². The van der Waals surface area contributed by atoms with Gasteiger partial charge in [-0.05, 0) is 43.2 Å². The Morgan fingerprint density at radius 3 is 2.59 bits per heavy atom. The van der Waals surface area contributed by atoms with E-state index in [0.29, 0.717) is 0 Å². The van der Waals surface area contributed by atoms with Crippen LogP contribution in [0.5, 0.6) is 0 Å². The Bertz CT molecular complexity index is 842. The average Bonchev–Trinajstić information content (AvgIpc) is 2.81. The molecule has 0 bridgehead atoms. The largest absolute Gasteiger partial charge is 0.386 e. The average molecular weight is 302 g/mol. The SMILES string of the molecule is Cc1cc2ncn(CC(O)c3ccc(F)cc3F)c2cc1C. The molecule has 0 amide bonds. The van der Waals surface area contributed by atoms with Crippen molar-refractivity contribution in [2.45, 2.75) is 26.5 Å². The third kappa shape index (κ3) is 2.60. The molecule has 1 N–H and O–H groups in total. The lowest BCUT2D eigenvalue weighted by Crippen LogP contribution is -2.10. The molecule has 1 aromatic heterocycles. The summed E-state index contributed by atoms with van der Waals surface area (Å²) in [5, 5.41) is 10.2. The van der Waals surface area contributed by atoms with Crippen molar-refractivity contribution in [2.75, 3.05) is 0 Å². The Balaban J connectivity index is 1.94. The van der Waals surface area contributed by atoms with Gasteiger partial charge in [-0.2, -0.15) is 0 Å². The van der Waals surface area contributed by atoms with E-state index in [4.69, 9.17) is 0 Å². The summed E-state index contributed by atoms with van der Waals surface area (Å²) in [5.74, 6) is -1.41. The normalized spacial score (nSPS) is 12.8. The third-order valence-corrected chi connectivity index (χ3v) is 3.93. The zero-order chi connectivity index (χ0) is 15.9. The summed E-state index contributed by atoms with van der Waals surface area (Å²) in [4.78, 5) is 4.30. The smallest absolute Gasteiger partial charge is 0.131 e. The number of aliphatic hydroxyl groups is 1. The summed E-state index contributed by atoms with van der Waals surface area (Å²) in [6.07, 6.45) is 0.549. The number of nitrogens with zero attached hydrogens (tertiary/aromatic N) is 2. The number of aryl methyl sites for hydroxylation is 2. The van der Waals surface area contributed by atoms with Crippen LogP contribution in [0.15, 0.2) is 36.7 Å². The zero-order valence-corrected chi connectivity index (χ0v) is 12.3. The molecule has 1 atom stereocenters. The molecule has 3 aromatic rings. The third-order valence-electron chi connectivity index (χ3n) is 3.93. The molecule has 1 heterocycles. The molecule has 3 nitrogen and oxygen atoms in total. The summed E-state index contributed by atoms with van der Waals surface area (Å²) < 4.78 is 28.5. The lowest BCUT2D eigenvalue weighted by atomic mass is 10.1. The van der Waals surface area contributed by atoms with Gasteiger partial charge in [0.15, 0.2) is 0 Å². The van der Waals surface area contributed by atoms with Crippen LogP contribution in [0.25, 0.3) is 11.0 Å². The molecule has 0 aliphatic rings. The van der Waals surface area contributed by atoms with Gasteiger partial charge in [0.2, 0.25) is 0 Å². The van der Waals surface area contributed by atoms with E-state index in [1.165, 1.54) is 6.07 Å². The van der Waals surface area contributed by atoms with Gasteiger partial charge in [-0.25, -0.2) is 13.8 Å². The highest BCUT2D eigenvalue weighted by molar-refractivity contribution is 5.77. The fourth-order valence-corrected chi connectivity index (χ4v) is 2.52. The molecule has 22 heavy (non-hydrogen) atoms. The molecular weight excluding hydrogens is 286 g/mol. The predicted molar refractivity (Wildman–Crippen MR) is 80.5 cm³/mol. The maximum Gasteiger partial charge on any atom is 0.131 e. The van der Waals surface area contributed by atoms with Crippen molar-refractivity contribution in [3.8, 4) is 0 Å². The zero-order valence-electron chi connectivity index (χ0n) is 12.3. The Kier molecular flexibility index (Phi) is 3.66. The van der Waals surface area contributed by atoms with Gasteiger partial charge in [0.1, 0.15) is 11.6 Å². The quantitative estimate of drug-likeness (QED) is 0.801. The molecule has 0 spiro atoms. The minimum absolute atomic E-state index is 0.0760. The van der Waals surface area contributed by atoms with Crippen LogP contribution in [0.3, 0.4) is 0 Å². The highest BCUT2D eigenvalue weighted by Crippen LogP contribution is 2.23. The molecule has 0 saturated heterocycles. The minimum Gasteiger partial charge on any atom is -0.386 e. The van der Waals surface area contributed by atoms with Gasteiger partial charge < -0.3 is 9.67 Å². The predicted octanol–water partition coefficient (Wildman–Crippen LogP) is 3.66. The molecule has 2 aromatic carbocycles. The monoisotopic (exact) mass is 302 g/mol. The van der Waals surface area contributed by atoms with E-state index in [2.05, 4.69) is 4.98 Å².